The molecule has 0 aliphatic heterocycles. The van der Waals surface area contributed by atoms with Gasteiger partial charge in [-0.25, -0.2) is 13.1 Å². The van der Waals surface area contributed by atoms with Crippen LogP contribution in [0.2, 0.25) is 5.02 Å². The minimum atomic E-state index is -3.73. The van der Waals surface area contributed by atoms with Crippen LogP contribution in [0.1, 0.15) is 0 Å². The minimum Gasteiger partial charge on any atom is -0.337 e. The van der Waals surface area contributed by atoms with E-state index in [9.17, 15) is 8.42 Å². The summed E-state index contributed by atoms with van der Waals surface area (Å²) in [5, 5.41) is 4.25. The van der Waals surface area contributed by atoms with Crippen molar-refractivity contribution in [2.45, 2.75) is 4.90 Å². The summed E-state index contributed by atoms with van der Waals surface area (Å²) >= 11 is 5.85. The molecule has 2 aromatic carbocycles. The zero-order chi connectivity index (χ0) is 15.6. The highest BCUT2D eigenvalue weighted by atomic mass is 35.5. The second-order valence-electron chi connectivity index (χ2n) is 4.49. The van der Waals surface area contributed by atoms with Gasteiger partial charge in [0.2, 0.25) is 5.88 Å². The van der Waals surface area contributed by atoms with Gasteiger partial charge in [-0.1, -0.05) is 47.1 Å². The maximum Gasteiger partial charge on any atom is 0.264 e. The number of aromatic nitrogens is 1. The smallest absolute Gasteiger partial charge is 0.264 e. The van der Waals surface area contributed by atoms with E-state index in [2.05, 4.69) is 9.88 Å². The second-order valence-corrected chi connectivity index (χ2v) is 6.61. The Kier molecular flexibility index (Phi) is 3.87. The predicted octanol–water partition coefficient (Wildman–Crippen LogP) is 3.80. The molecule has 5 nitrogen and oxygen atoms in total. The quantitative estimate of drug-likeness (QED) is 0.787. The summed E-state index contributed by atoms with van der Waals surface area (Å²) in [6, 6.07) is 15.0. The standard InChI is InChI=1S/C15H11ClN2O3S/c16-12-8-6-11(7-9-12)14-10-17-21-15(14)18-22(19,20)13-4-2-1-3-5-13/h1-10,18H. The van der Waals surface area contributed by atoms with E-state index in [4.69, 9.17) is 16.1 Å². The number of sulfonamides is 1. The Hall–Kier alpha value is -2.31. The molecule has 0 unspecified atom stereocenters. The van der Waals surface area contributed by atoms with E-state index in [1.165, 1.54) is 18.3 Å². The van der Waals surface area contributed by atoms with Gasteiger partial charge < -0.3 is 4.52 Å². The molecule has 0 radical (unpaired) electrons. The molecule has 0 aliphatic carbocycles. The number of halogens is 1. The number of anilines is 1. The highest BCUT2D eigenvalue weighted by Crippen LogP contribution is 2.30. The van der Waals surface area contributed by atoms with Crippen molar-refractivity contribution in [1.82, 2.24) is 5.16 Å². The molecule has 3 aromatic rings. The molecular formula is C15H11ClN2O3S. The third kappa shape index (κ3) is 2.98. The Morgan fingerprint density at radius 2 is 1.68 bits per heavy atom. The van der Waals surface area contributed by atoms with Crippen LogP contribution in [-0.4, -0.2) is 13.6 Å². The maximum atomic E-state index is 12.3. The lowest BCUT2D eigenvalue weighted by Gasteiger charge is -2.06. The number of hydrogen-bond acceptors (Lipinski definition) is 4. The lowest BCUT2D eigenvalue weighted by atomic mass is 10.1. The molecule has 0 aliphatic rings. The lowest BCUT2D eigenvalue weighted by Crippen LogP contribution is -2.12. The Balaban J connectivity index is 1.95. The minimum absolute atomic E-state index is 0.0613. The number of nitrogens with zero attached hydrogens (tertiary/aromatic N) is 1. The van der Waals surface area contributed by atoms with Crippen molar-refractivity contribution in [3.63, 3.8) is 0 Å². The average Bonchev–Trinajstić information content (AvgIpc) is 2.96. The van der Waals surface area contributed by atoms with E-state index in [1.807, 2.05) is 0 Å². The fraction of sp³-hybridized carbons (Fsp3) is 0. The highest BCUT2D eigenvalue weighted by molar-refractivity contribution is 7.92. The van der Waals surface area contributed by atoms with Crippen LogP contribution in [0.4, 0.5) is 5.88 Å². The topological polar surface area (TPSA) is 72.2 Å². The molecule has 0 spiro atoms. The van der Waals surface area contributed by atoms with Gasteiger partial charge in [-0.05, 0) is 29.8 Å². The Bertz CT molecular complexity index is 875. The molecular weight excluding hydrogens is 324 g/mol. The van der Waals surface area contributed by atoms with E-state index in [0.29, 0.717) is 10.6 Å². The Labute approximate surface area is 132 Å². The first kappa shape index (κ1) is 14.6. The summed E-state index contributed by atoms with van der Waals surface area (Å²) < 4.78 is 32.1. The zero-order valence-electron chi connectivity index (χ0n) is 11.2. The van der Waals surface area contributed by atoms with E-state index < -0.39 is 10.0 Å². The first-order chi connectivity index (χ1) is 10.6. The fourth-order valence-electron chi connectivity index (χ4n) is 1.93. The van der Waals surface area contributed by atoms with Crippen molar-refractivity contribution in [1.29, 1.82) is 0 Å². The molecule has 0 fully saturated rings. The summed E-state index contributed by atoms with van der Waals surface area (Å²) in [5.74, 6) is 0.0613. The van der Waals surface area contributed by atoms with Gasteiger partial charge in [0.25, 0.3) is 10.0 Å². The molecule has 3 rings (SSSR count). The van der Waals surface area contributed by atoms with E-state index in [-0.39, 0.29) is 10.8 Å². The number of benzene rings is 2. The SMILES string of the molecule is O=S(=O)(Nc1oncc1-c1ccc(Cl)cc1)c1ccccc1. The van der Waals surface area contributed by atoms with Gasteiger partial charge in [-0.3, -0.25) is 0 Å². The van der Waals surface area contributed by atoms with Crippen LogP contribution in [-0.2, 0) is 10.0 Å². The number of hydrogen-bond donors (Lipinski definition) is 1. The van der Waals surface area contributed by atoms with Crippen LogP contribution in [0.25, 0.3) is 11.1 Å². The van der Waals surface area contributed by atoms with Crippen molar-refractivity contribution < 1.29 is 12.9 Å². The molecule has 0 bridgehead atoms. The molecule has 22 heavy (non-hydrogen) atoms. The van der Waals surface area contributed by atoms with Crippen molar-refractivity contribution in [2.75, 3.05) is 4.72 Å². The molecule has 1 aromatic heterocycles. The van der Waals surface area contributed by atoms with Crippen LogP contribution in [0.15, 0.2) is 70.2 Å². The molecule has 7 heteroatoms. The molecule has 0 saturated carbocycles. The Morgan fingerprint density at radius 1 is 1.00 bits per heavy atom. The molecule has 0 atom stereocenters. The zero-order valence-corrected chi connectivity index (χ0v) is 12.8. The molecule has 0 amide bonds. The first-order valence-corrected chi connectivity index (χ1v) is 8.21. The summed E-state index contributed by atoms with van der Waals surface area (Å²) in [6.45, 7) is 0. The van der Waals surface area contributed by atoms with Crippen LogP contribution < -0.4 is 4.72 Å². The van der Waals surface area contributed by atoms with Gasteiger partial charge in [0.1, 0.15) is 0 Å². The monoisotopic (exact) mass is 334 g/mol. The molecule has 1 N–H and O–H groups in total. The normalized spacial score (nSPS) is 11.3. The Morgan fingerprint density at radius 3 is 2.36 bits per heavy atom. The molecule has 0 saturated heterocycles. The van der Waals surface area contributed by atoms with Crippen LogP contribution in [0.3, 0.4) is 0 Å². The van der Waals surface area contributed by atoms with Gasteiger partial charge in [-0.2, -0.15) is 0 Å². The van der Waals surface area contributed by atoms with E-state index in [1.54, 1.807) is 42.5 Å². The van der Waals surface area contributed by atoms with Crippen molar-refractivity contribution >= 4 is 27.5 Å². The highest BCUT2D eigenvalue weighted by Gasteiger charge is 2.19. The first-order valence-electron chi connectivity index (χ1n) is 6.35. The van der Waals surface area contributed by atoms with Crippen LogP contribution in [0, 0.1) is 0 Å². The third-order valence-electron chi connectivity index (χ3n) is 3.01. The third-order valence-corrected chi connectivity index (χ3v) is 4.61. The average molecular weight is 335 g/mol. The summed E-state index contributed by atoms with van der Waals surface area (Å²) in [4.78, 5) is 0.147. The fourth-order valence-corrected chi connectivity index (χ4v) is 3.08. The van der Waals surface area contributed by atoms with Crippen molar-refractivity contribution in [3.05, 3.63) is 65.8 Å². The number of nitrogens with one attached hydrogen (secondary N) is 1. The van der Waals surface area contributed by atoms with Crippen LogP contribution in [0.5, 0.6) is 0 Å². The van der Waals surface area contributed by atoms with Gasteiger partial charge in [0.05, 0.1) is 16.7 Å². The van der Waals surface area contributed by atoms with E-state index in [0.717, 1.165) is 5.56 Å². The van der Waals surface area contributed by atoms with E-state index >= 15 is 0 Å². The second kappa shape index (κ2) is 5.82. The molecule has 1 heterocycles. The van der Waals surface area contributed by atoms with Gasteiger partial charge in [-0.15, -0.1) is 0 Å². The number of rotatable bonds is 4. The predicted molar refractivity (Wildman–Crippen MR) is 84.2 cm³/mol. The molecule has 112 valence electrons. The van der Waals surface area contributed by atoms with Crippen molar-refractivity contribution in [3.8, 4) is 11.1 Å². The van der Waals surface area contributed by atoms with Gasteiger partial charge in [0.15, 0.2) is 0 Å². The van der Waals surface area contributed by atoms with Crippen molar-refractivity contribution in [2.24, 2.45) is 0 Å². The summed E-state index contributed by atoms with van der Waals surface area (Å²) in [7, 11) is -3.73. The largest absolute Gasteiger partial charge is 0.337 e. The maximum absolute atomic E-state index is 12.3. The summed E-state index contributed by atoms with van der Waals surface area (Å²) in [6.07, 6.45) is 1.45. The summed E-state index contributed by atoms with van der Waals surface area (Å²) in [5.41, 5.74) is 1.28. The van der Waals surface area contributed by atoms with Crippen LogP contribution >= 0.6 is 11.6 Å². The van der Waals surface area contributed by atoms with Gasteiger partial charge >= 0.3 is 0 Å². The van der Waals surface area contributed by atoms with Gasteiger partial charge in [0, 0.05) is 5.02 Å². The lowest BCUT2D eigenvalue weighted by molar-refractivity contribution is 0.435.